The first-order valence-electron chi connectivity index (χ1n) is 6.68. The van der Waals surface area contributed by atoms with Gasteiger partial charge in [-0.25, -0.2) is 0 Å². The summed E-state index contributed by atoms with van der Waals surface area (Å²) in [4.78, 5) is 30.2. The van der Waals surface area contributed by atoms with Crippen LogP contribution in [0.2, 0.25) is 0 Å². The second kappa shape index (κ2) is 6.19. The van der Waals surface area contributed by atoms with E-state index in [4.69, 9.17) is 0 Å². The fourth-order valence-corrected chi connectivity index (χ4v) is 3.63. The summed E-state index contributed by atoms with van der Waals surface area (Å²) < 4.78 is 0.857. The number of aliphatic imine (C=N–C) groups is 1. The summed E-state index contributed by atoms with van der Waals surface area (Å²) in [7, 11) is 0. The lowest BCUT2D eigenvalue weighted by Crippen LogP contribution is -2.35. The van der Waals surface area contributed by atoms with E-state index in [1.54, 1.807) is 16.7 Å². The third kappa shape index (κ3) is 3.13. The van der Waals surface area contributed by atoms with Crippen molar-refractivity contribution in [1.29, 1.82) is 0 Å². The largest absolute Gasteiger partial charge is 0.310 e. The van der Waals surface area contributed by atoms with Crippen LogP contribution in [0, 0.1) is 5.92 Å². The van der Waals surface area contributed by atoms with Crippen LogP contribution in [0.1, 0.15) is 6.42 Å². The highest BCUT2D eigenvalue weighted by Crippen LogP contribution is 2.31. The number of rotatable bonds is 2. The van der Waals surface area contributed by atoms with Crippen LogP contribution in [0.4, 0.5) is 5.69 Å². The number of nitrogens with one attached hydrogen (secondary N) is 1. The summed E-state index contributed by atoms with van der Waals surface area (Å²) in [6, 6.07) is 7.54. The number of nitrogens with zero attached hydrogens (tertiary/aromatic N) is 2. The second-order valence-electron chi connectivity index (χ2n) is 4.88. The van der Waals surface area contributed by atoms with Crippen molar-refractivity contribution in [2.45, 2.75) is 6.42 Å². The number of amides is 2. The van der Waals surface area contributed by atoms with Gasteiger partial charge in [0.2, 0.25) is 11.8 Å². The van der Waals surface area contributed by atoms with Crippen LogP contribution in [0.3, 0.4) is 0 Å². The normalized spacial score (nSPS) is 21.6. The van der Waals surface area contributed by atoms with Crippen molar-refractivity contribution in [2.24, 2.45) is 10.9 Å². The lowest BCUT2D eigenvalue weighted by molar-refractivity contribution is -0.125. The quantitative estimate of drug-likeness (QED) is 0.869. The van der Waals surface area contributed by atoms with Gasteiger partial charge in [-0.2, -0.15) is 0 Å². The van der Waals surface area contributed by atoms with Gasteiger partial charge in [0.05, 0.1) is 18.2 Å². The smallest absolute Gasteiger partial charge is 0.231 e. The zero-order chi connectivity index (χ0) is 14.8. The van der Waals surface area contributed by atoms with Crippen molar-refractivity contribution >= 4 is 50.4 Å². The average Bonchev–Trinajstić information content (AvgIpc) is 3.09. The maximum absolute atomic E-state index is 12.2. The van der Waals surface area contributed by atoms with Crippen molar-refractivity contribution in [3.8, 4) is 0 Å². The maximum Gasteiger partial charge on any atom is 0.231 e. The Morgan fingerprint density at radius 3 is 2.95 bits per heavy atom. The van der Waals surface area contributed by atoms with Crippen LogP contribution < -0.4 is 10.2 Å². The number of para-hydroxylation sites is 1. The van der Waals surface area contributed by atoms with Crippen molar-refractivity contribution < 1.29 is 9.59 Å². The summed E-state index contributed by atoms with van der Waals surface area (Å²) in [5, 5.41) is 3.48. The molecule has 1 aromatic rings. The number of amidine groups is 1. The van der Waals surface area contributed by atoms with Gasteiger partial charge in [0, 0.05) is 23.2 Å². The number of anilines is 1. The van der Waals surface area contributed by atoms with Crippen molar-refractivity contribution in [1.82, 2.24) is 5.32 Å². The number of thioether (sulfide) groups is 1. The molecule has 1 aromatic carbocycles. The number of benzene rings is 1. The van der Waals surface area contributed by atoms with Crippen LogP contribution in [0.25, 0.3) is 0 Å². The first-order valence-corrected chi connectivity index (χ1v) is 8.46. The molecule has 0 spiro atoms. The Morgan fingerprint density at radius 1 is 1.43 bits per heavy atom. The molecule has 0 bridgehead atoms. The summed E-state index contributed by atoms with van der Waals surface area (Å²) in [5.41, 5.74) is 0.811. The zero-order valence-corrected chi connectivity index (χ0v) is 13.6. The van der Waals surface area contributed by atoms with E-state index in [2.05, 4.69) is 26.2 Å². The Labute approximate surface area is 135 Å². The molecule has 2 aliphatic heterocycles. The molecule has 2 heterocycles. The van der Waals surface area contributed by atoms with Crippen LogP contribution in [-0.4, -0.2) is 35.8 Å². The summed E-state index contributed by atoms with van der Waals surface area (Å²) in [6.07, 6.45) is 0.241. The van der Waals surface area contributed by atoms with Crippen LogP contribution >= 0.6 is 27.7 Å². The van der Waals surface area contributed by atoms with E-state index in [0.717, 1.165) is 22.5 Å². The molecule has 21 heavy (non-hydrogen) atoms. The number of carbonyl (C=O) groups is 2. The van der Waals surface area contributed by atoms with E-state index < -0.39 is 0 Å². The van der Waals surface area contributed by atoms with Crippen molar-refractivity contribution in [2.75, 3.05) is 23.7 Å². The molecule has 2 amide bonds. The van der Waals surface area contributed by atoms with Gasteiger partial charge in [-0.3, -0.25) is 14.6 Å². The Bertz CT molecular complexity index is 620. The standard InChI is InChI=1S/C14H14BrN3O2S/c15-10-3-1-2-4-11(10)18-8-9(7-12(18)19)13(20)17-14-16-5-6-21-14/h1-4,9H,5-8H2,(H,16,17,20). The highest BCUT2D eigenvalue weighted by atomic mass is 79.9. The van der Waals surface area contributed by atoms with Gasteiger partial charge in [0.1, 0.15) is 0 Å². The Kier molecular flexibility index (Phi) is 4.30. The number of hydrogen-bond acceptors (Lipinski definition) is 4. The van der Waals surface area contributed by atoms with Crippen molar-refractivity contribution in [3.63, 3.8) is 0 Å². The third-order valence-electron chi connectivity index (χ3n) is 3.45. The van der Waals surface area contributed by atoms with Gasteiger partial charge in [0.25, 0.3) is 0 Å². The first kappa shape index (κ1) is 14.6. The summed E-state index contributed by atoms with van der Waals surface area (Å²) in [5.74, 6) is 0.435. The molecule has 2 aliphatic rings. The molecule has 1 atom stereocenters. The third-order valence-corrected chi connectivity index (χ3v) is 5.02. The number of hydrogen-bond donors (Lipinski definition) is 1. The molecule has 110 valence electrons. The Balaban J connectivity index is 1.69. The van der Waals surface area contributed by atoms with Crippen LogP contribution in [0.15, 0.2) is 33.7 Å². The average molecular weight is 368 g/mol. The first-order chi connectivity index (χ1) is 10.1. The van der Waals surface area contributed by atoms with E-state index in [-0.39, 0.29) is 24.2 Å². The fraction of sp³-hybridized carbons (Fsp3) is 0.357. The predicted octanol–water partition coefficient (Wildman–Crippen LogP) is 2.02. The van der Waals surface area contributed by atoms with E-state index in [1.165, 1.54) is 0 Å². The fourth-order valence-electron chi connectivity index (χ4n) is 2.40. The van der Waals surface area contributed by atoms with Gasteiger partial charge in [-0.1, -0.05) is 23.9 Å². The number of carbonyl (C=O) groups excluding carboxylic acids is 2. The molecule has 0 aliphatic carbocycles. The predicted molar refractivity (Wildman–Crippen MR) is 87.5 cm³/mol. The van der Waals surface area contributed by atoms with E-state index in [9.17, 15) is 9.59 Å². The van der Waals surface area contributed by atoms with E-state index >= 15 is 0 Å². The highest BCUT2D eigenvalue weighted by Gasteiger charge is 2.36. The molecule has 1 saturated heterocycles. The molecule has 7 heteroatoms. The Hall–Kier alpha value is -1.34. The van der Waals surface area contributed by atoms with Crippen LogP contribution in [-0.2, 0) is 9.59 Å². The molecule has 5 nitrogen and oxygen atoms in total. The topological polar surface area (TPSA) is 61.8 Å². The monoisotopic (exact) mass is 367 g/mol. The SMILES string of the molecule is O=C(NC1=NCCS1)C1CC(=O)N(c2ccccc2Br)C1. The van der Waals surface area contributed by atoms with Gasteiger partial charge < -0.3 is 10.2 Å². The summed E-state index contributed by atoms with van der Waals surface area (Å²) in [6.45, 7) is 1.15. The lowest BCUT2D eigenvalue weighted by Gasteiger charge is -2.18. The van der Waals surface area contributed by atoms with Gasteiger partial charge in [-0.15, -0.1) is 0 Å². The molecule has 1 N–H and O–H groups in total. The second-order valence-corrected chi connectivity index (χ2v) is 6.82. The Morgan fingerprint density at radius 2 is 2.24 bits per heavy atom. The van der Waals surface area contributed by atoms with Crippen LogP contribution in [0.5, 0.6) is 0 Å². The van der Waals surface area contributed by atoms with E-state index in [0.29, 0.717) is 11.7 Å². The molecule has 3 rings (SSSR count). The van der Waals surface area contributed by atoms with Gasteiger partial charge in [0.15, 0.2) is 5.17 Å². The molecular weight excluding hydrogens is 354 g/mol. The minimum atomic E-state index is -0.325. The van der Waals surface area contributed by atoms with Gasteiger partial charge in [-0.05, 0) is 28.1 Å². The molecule has 0 saturated carbocycles. The molecular formula is C14H14BrN3O2S. The lowest BCUT2D eigenvalue weighted by atomic mass is 10.1. The molecule has 1 fully saturated rings. The molecule has 0 radical (unpaired) electrons. The van der Waals surface area contributed by atoms with E-state index in [1.807, 2.05) is 24.3 Å². The minimum absolute atomic E-state index is 0.0249. The van der Waals surface area contributed by atoms with Crippen molar-refractivity contribution in [3.05, 3.63) is 28.7 Å². The summed E-state index contributed by atoms with van der Waals surface area (Å²) >= 11 is 4.99. The minimum Gasteiger partial charge on any atom is -0.310 e. The van der Waals surface area contributed by atoms with Gasteiger partial charge >= 0.3 is 0 Å². The maximum atomic E-state index is 12.2. The molecule has 0 aromatic heterocycles. The zero-order valence-electron chi connectivity index (χ0n) is 11.2. The highest BCUT2D eigenvalue weighted by molar-refractivity contribution is 9.10. The molecule has 1 unspecified atom stereocenters. The number of halogens is 1.